The van der Waals surface area contributed by atoms with E-state index in [1.54, 1.807) is 6.92 Å². The molecule has 0 saturated heterocycles. The number of hydrogen-bond donors (Lipinski definition) is 0. The van der Waals surface area contributed by atoms with Crippen molar-refractivity contribution in [3.05, 3.63) is 0 Å². The third-order valence-electron chi connectivity index (χ3n) is 0.498. The van der Waals surface area contributed by atoms with Crippen molar-refractivity contribution in [3.8, 4) is 0 Å². The normalized spacial score (nSPS) is 5.43. The van der Waals surface area contributed by atoms with E-state index in [1.165, 1.54) is 0 Å². The molecule has 0 saturated carbocycles. The van der Waals surface area contributed by atoms with Crippen LogP contribution in [0.5, 0.6) is 0 Å². The minimum Gasteiger partial charge on any atom is -1.00 e. The standard InChI is InChI=1S/C4H8O.BrH.Li/c1-3-4(2)5;;/h3H2,1-2H3;1H;/q;;+1/p-1. The van der Waals surface area contributed by atoms with Gasteiger partial charge >= 0.3 is 18.9 Å². The van der Waals surface area contributed by atoms with E-state index in [-0.39, 0.29) is 41.6 Å². The Morgan fingerprint density at radius 3 is 1.71 bits per heavy atom. The van der Waals surface area contributed by atoms with Crippen molar-refractivity contribution in [1.82, 2.24) is 0 Å². The van der Waals surface area contributed by atoms with Gasteiger partial charge in [0.1, 0.15) is 5.78 Å². The number of hydrogen-bond acceptors (Lipinski definition) is 1. The second-order valence-corrected chi connectivity index (χ2v) is 1.06. The number of Topliss-reactive ketones (excluding diaryl/α,β-unsaturated/α-hetero) is 1. The summed E-state index contributed by atoms with van der Waals surface area (Å²) >= 11 is 0. The van der Waals surface area contributed by atoms with Crippen LogP contribution in [0.15, 0.2) is 0 Å². The van der Waals surface area contributed by atoms with Crippen molar-refractivity contribution in [2.24, 2.45) is 0 Å². The molecule has 0 fully saturated rings. The van der Waals surface area contributed by atoms with Crippen LogP contribution in [0.25, 0.3) is 0 Å². The summed E-state index contributed by atoms with van der Waals surface area (Å²) in [5.74, 6) is 0.255. The molecule has 0 heterocycles. The third-order valence-corrected chi connectivity index (χ3v) is 0.498. The van der Waals surface area contributed by atoms with Crippen molar-refractivity contribution in [3.63, 3.8) is 0 Å². The van der Waals surface area contributed by atoms with Gasteiger partial charge in [-0.2, -0.15) is 0 Å². The Bertz CT molecular complexity index is 47.0. The molecular weight excluding hydrogens is 151 g/mol. The SMILES string of the molecule is CCC(C)=O.[Br-].[Li+]. The first kappa shape index (κ1) is 15.7. The molecule has 0 aliphatic carbocycles. The maximum atomic E-state index is 9.81. The van der Waals surface area contributed by atoms with E-state index in [4.69, 9.17) is 0 Å². The molecule has 0 aromatic carbocycles. The molecule has 0 aromatic heterocycles. The van der Waals surface area contributed by atoms with Crippen molar-refractivity contribution >= 4 is 5.78 Å². The van der Waals surface area contributed by atoms with Crippen LogP contribution in [0, 0.1) is 0 Å². The van der Waals surface area contributed by atoms with Crippen LogP contribution in [-0.4, -0.2) is 5.78 Å². The summed E-state index contributed by atoms with van der Waals surface area (Å²) in [6.07, 6.45) is 0.667. The predicted octanol–water partition coefficient (Wildman–Crippen LogP) is -5.01. The van der Waals surface area contributed by atoms with Crippen molar-refractivity contribution < 1.29 is 40.6 Å². The Hall–Kier alpha value is 0.747. The van der Waals surface area contributed by atoms with Gasteiger partial charge in [-0.15, -0.1) is 0 Å². The van der Waals surface area contributed by atoms with Gasteiger partial charge in [-0.05, 0) is 6.92 Å². The summed E-state index contributed by atoms with van der Waals surface area (Å²) in [6.45, 7) is 3.43. The number of rotatable bonds is 1. The summed E-state index contributed by atoms with van der Waals surface area (Å²) in [5.41, 5.74) is 0. The van der Waals surface area contributed by atoms with Gasteiger partial charge in [-0.1, -0.05) is 6.92 Å². The quantitative estimate of drug-likeness (QED) is 0.350. The first-order chi connectivity index (χ1) is 2.27. The van der Waals surface area contributed by atoms with Crippen molar-refractivity contribution in [2.45, 2.75) is 20.3 Å². The average Bonchev–Trinajstić information content (AvgIpc) is 1.38. The van der Waals surface area contributed by atoms with E-state index in [1.807, 2.05) is 6.92 Å². The van der Waals surface area contributed by atoms with E-state index in [9.17, 15) is 4.79 Å². The van der Waals surface area contributed by atoms with Crippen molar-refractivity contribution in [2.75, 3.05) is 0 Å². The number of carbonyl (C=O) groups is 1. The number of ketones is 1. The summed E-state index contributed by atoms with van der Waals surface area (Å²) in [4.78, 5) is 9.81. The molecule has 0 unspecified atom stereocenters. The first-order valence-electron chi connectivity index (χ1n) is 1.76. The Kier molecular flexibility index (Phi) is 22.1. The fourth-order valence-corrected chi connectivity index (χ4v) is 0. The second kappa shape index (κ2) is 9.89. The van der Waals surface area contributed by atoms with E-state index in [2.05, 4.69) is 0 Å². The largest absolute Gasteiger partial charge is 1.00 e. The van der Waals surface area contributed by atoms with Gasteiger partial charge in [0.15, 0.2) is 0 Å². The smallest absolute Gasteiger partial charge is 1.00 e. The van der Waals surface area contributed by atoms with E-state index in [0.29, 0.717) is 6.42 Å². The van der Waals surface area contributed by atoms with Crippen LogP contribution in [0.3, 0.4) is 0 Å². The zero-order valence-electron chi connectivity index (χ0n) is 4.99. The minimum absolute atomic E-state index is 0. The fraction of sp³-hybridized carbons (Fsp3) is 0.750. The average molecular weight is 159 g/mol. The Morgan fingerprint density at radius 1 is 1.57 bits per heavy atom. The van der Waals surface area contributed by atoms with Gasteiger partial charge in [0.25, 0.3) is 0 Å². The molecule has 0 aliphatic rings. The molecule has 0 N–H and O–H groups in total. The molecule has 0 rings (SSSR count). The van der Waals surface area contributed by atoms with Crippen LogP contribution in [0.4, 0.5) is 0 Å². The minimum atomic E-state index is 0. The third kappa shape index (κ3) is 20.1. The monoisotopic (exact) mass is 158 g/mol. The van der Waals surface area contributed by atoms with Gasteiger partial charge in [-0.3, -0.25) is 0 Å². The van der Waals surface area contributed by atoms with Crippen LogP contribution in [0.1, 0.15) is 20.3 Å². The Balaban J connectivity index is -0.0000000800. The second-order valence-electron chi connectivity index (χ2n) is 1.06. The van der Waals surface area contributed by atoms with E-state index < -0.39 is 0 Å². The van der Waals surface area contributed by atoms with Crippen LogP contribution in [0.2, 0.25) is 0 Å². The maximum Gasteiger partial charge on any atom is 1.00 e. The molecule has 0 amide bonds. The molecule has 0 aliphatic heterocycles. The summed E-state index contributed by atoms with van der Waals surface area (Å²) in [7, 11) is 0. The van der Waals surface area contributed by atoms with Gasteiger partial charge < -0.3 is 21.8 Å². The van der Waals surface area contributed by atoms with Gasteiger partial charge in [0, 0.05) is 6.42 Å². The Morgan fingerprint density at radius 2 is 1.71 bits per heavy atom. The molecule has 0 aromatic rings. The van der Waals surface area contributed by atoms with Crippen LogP contribution in [-0.2, 0) is 4.79 Å². The molecule has 1 nitrogen and oxygen atoms in total. The number of halogens is 1. The van der Waals surface area contributed by atoms with Gasteiger partial charge in [-0.25, -0.2) is 0 Å². The molecule has 3 heteroatoms. The topological polar surface area (TPSA) is 17.1 Å². The first-order valence-corrected chi connectivity index (χ1v) is 1.76. The van der Waals surface area contributed by atoms with Crippen molar-refractivity contribution in [1.29, 1.82) is 0 Å². The zero-order valence-corrected chi connectivity index (χ0v) is 6.58. The molecule has 0 atom stereocenters. The van der Waals surface area contributed by atoms with E-state index >= 15 is 0 Å². The van der Waals surface area contributed by atoms with Crippen LogP contribution >= 0.6 is 0 Å². The Labute approximate surface area is 66.8 Å². The van der Waals surface area contributed by atoms with Gasteiger partial charge in [0.05, 0.1) is 0 Å². The molecular formula is C4H8BrLiO. The summed E-state index contributed by atoms with van der Waals surface area (Å²) < 4.78 is 0. The molecule has 7 heavy (non-hydrogen) atoms. The fourth-order valence-electron chi connectivity index (χ4n) is 0. The zero-order chi connectivity index (χ0) is 4.28. The summed E-state index contributed by atoms with van der Waals surface area (Å²) in [6, 6.07) is 0. The maximum absolute atomic E-state index is 9.81. The van der Waals surface area contributed by atoms with Gasteiger partial charge in [0.2, 0.25) is 0 Å². The molecule has 0 bridgehead atoms. The van der Waals surface area contributed by atoms with Crippen LogP contribution < -0.4 is 35.8 Å². The van der Waals surface area contributed by atoms with E-state index in [0.717, 1.165) is 0 Å². The predicted molar refractivity (Wildman–Crippen MR) is 21.0 cm³/mol. The molecule has 38 valence electrons. The summed E-state index contributed by atoms with van der Waals surface area (Å²) in [5, 5.41) is 0. The molecule has 0 spiro atoms. The molecule has 0 radical (unpaired) electrons. The number of carbonyl (C=O) groups excluding carboxylic acids is 1.